The van der Waals surface area contributed by atoms with E-state index in [1.54, 1.807) is 6.07 Å². The number of carbonyl (C=O) groups excluding carboxylic acids is 1. The number of hydrogen-bond donors (Lipinski definition) is 0. The molecule has 0 aromatic heterocycles. The van der Waals surface area contributed by atoms with Crippen molar-refractivity contribution >= 4 is 29.2 Å². The molecule has 1 aromatic carbocycles. The van der Waals surface area contributed by atoms with Crippen LogP contribution in [0.5, 0.6) is 0 Å². The first-order chi connectivity index (χ1) is 7.65. The molecule has 0 amide bonds. The van der Waals surface area contributed by atoms with Crippen molar-refractivity contribution in [3.05, 3.63) is 33.8 Å². The molecule has 0 saturated heterocycles. The summed E-state index contributed by atoms with van der Waals surface area (Å²) in [5, 5.41) is 1.09. The molecule has 16 heavy (non-hydrogen) atoms. The minimum Gasteiger partial charge on any atom is -0.466 e. The second kappa shape index (κ2) is 4.64. The van der Waals surface area contributed by atoms with Crippen LogP contribution in [0.15, 0.2) is 18.2 Å². The zero-order valence-electron chi connectivity index (χ0n) is 8.87. The third-order valence-corrected chi connectivity index (χ3v) is 3.59. The first-order valence-electron chi connectivity index (χ1n) is 5.25. The molecule has 1 aromatic rings. The molecule has 0 bridgehead atoms. The van der Waals surface area contributed by atoms with Gasteiger partial charge in [0, 0.05) is 0 Å². The van der Waals surface area contributed by atoms with Crippen LogP contribution in [0.25, 0.3) is 0 Å². The Morgan fingerprint density at radius 3 is 2.94 bits per heavy atom. The molecule has 2 nitrogen and oxygen atoms in total. The number of hydrogen-bond acceptors (Lipinski definition) is 2. The molecular weight excluding hydrogens is 247 g/mol. The van der Waals surface area contributed by atoms with Gasteiger partial charge in [-0.05, 0) is 30.9 Å². The fourth-order valence-electron chi connectivity index (χ4n) is 1.86. The molecule has 0 aliphatic heterocycles. The standard InChI is InChI=1S/C12H12Cl2O2/c1-2-16-12(15)9-6-8(9)7-4-3-5-10(13)11(7)14/h3-5,8-9H,2,6H2,1H3. The molecule has 0 heterocycles. The predicted molar refractivity (Wildman–Crippen MR) is 63.9 cm³/mol. The van der Waals surface area contributed by atoms with E-state index in [0.29, 0.717) is 16.7 Å². The minimum absolute atomic E-state index is 0.0454. The Kier molecular flexibility index (Phi) is 3.41. The fourth-order valence-corrected chi connectivity index (χ4v) is 2.30. The van der Waals surface area contributed by atoms with E-state index in [-0.39, 0.29) is 17.8 Å². The van der Waals surface area contributed by atoms with Gasteiger partial charge in [-0.15, -0.1) is 0 Å². The lowest BCUT2D eigenvalue weighted by Crippen LogP contribution is -2.07. The van der Waals surface area contributed by atoms with Gasteiger partial charge in [-0.25, -0.2) is 0 Å². The Labute approximate surface area is 104 Å². The largest absolute Gasteiger partial charge is 0.466 e. The van der Waals surface area contributed by atoms with Gasteiger partial charge in [0.05, 0.1) is 22.6 Å². The molecule has 2 rings (SSSR count). The van der Waals surface area contributed by atoms with Crippen molar-refractivity contribution in [1.29, 1.82) is 0 Å². The molecule has 2 atom stereocenters. The van der Waals surface area contributed by atoms with Crippen molar-refractivity contribution in [2.75, 3.05) is 6.61 Å². The van der Waals surface area contributed by atoms with E-state index in [2.05, 4.69) is 0 Å². The summed E-state index contributed by atoms with van der Waals surface area (Å²) < 4.78 is 4.97. The second-order valence-electron chi connectivity index (χ2n) is 3.84. The van der Waals surface area contributed by atoms with Crippen LogP contribution in [0.4, 0.5) is 0 Å². The van der Waals surface area contributed by atoms with E-state index in [9.17, 15) is 4.79 Å². The van der Waals surface area contributed by atoms with Crippen molar-refractivity contribution in [1.82, 2.24) is 0 Å². The van der Waals surface area contributed by atoms with Crippen LogP contribution in [-0.2, 0) is 9.53 Å². The summed E-state index contributed by atoms with van der Waals surface area (Å²) in [6, 6.07) is 5.51. The van der Waals surface area contributed by atoms with Gasteiger partial charge in [-0.1, -0.05) is 35.3 Å². The summed E-state index contributed by atoms with van der Waals surface area (Å²) in [7, 11) is 0. The molecule has 1 saturated carbocycles. The van der Waals surface area contributed by atoms with Gasteiger partial charge in [0.2, 0.25) is 0 Å². The lowest BCUT2D eigenvalue weighted by molar-refractivity contribution is -0.144. The van der Waals surface area contributed by atoms with E-state index in [1.165, 1.54) is 0 Å². The van der Waals surface area contributed by atoms with E-state index in [4.69, 9.17) is 27.9 Å². The van der Waals surface area contributed by atoms with Gasteiger partial charge in [0.25, 0.3) is 0 Å². The molecule has 86 valence electrons. The minimum atomic E-state index is -0.136. The molecule has 1 fully saturated rings. The quantitative estimate of drug-likeness (QED) is 0.774. The summed E-state index contributed by atoms with van der Waals surface area (Å²) >= 11 is 12.0. The summed E-state index contributed by atoms with van der Waals surface area (Å²) in [5.41, 5.74) is 0.951. The monoisotopic (exact) mass is 258 g/mol. The normalized spacial score (nSPS) is 22.9. The molecule has 0 spiro atoms. The van der Waals surface area contributed by atoms with E-state index >= 15 is 0 Å². The number of ether oxygens (including phenoxy) is 1. The van der Waals surface area contributed by atoms with Gasteiger partial charge in [-0.3, -0.25) is 4.79 Å². The summed E-state index contributed by atoms with van der Waals surface area (Å²) in [5.74, 6) is -0.00953. The molecule has 0 N–H and O–H groups in total. The number of rotatable bonds is 3. The predicted octanol–water partition coefficient (Wildman–Crippen LogP) is 3.66. The van der Waals surface area contributed by atoms with Crippen molar-refractivity contribution < 1.29 is 9.53 Å². The number of esters is 1. The lowest BCUT2D eigenvalue weighted by Gasteiger charge is -2.05. The van der Waals surface area contributed by atoms with Crippen molar-refractivity contribution in [2.45, 2.75) is 19.3 Å². The highest BCUT2D eigenvalue weighted by Crippen LogP contribution is 2.51. The van der Waals surface area contributed by atoms with Crippen LogP contribution >= 0.6 is 23.2 Å². The highest BCUT2D eigenvalue weighted by atomic mass is 35.5. The van der Waals surface area contributed by atoms with Crippen LogP contribution in [-0.4, -0.2) is 12.6 Å². The second-order valence-corrected chi connectivity index (χ2v) is 4.63. The van der Waals surface area contributed by atoms with Crippen LogP contribution in [0.2, 0.25) is 10.0 Å². The van der Waals surface area contributed by atoms with Crippen LogP contribution in [0, 0.1) is 5.92 Å². The Morgan fingerprint density at radius 2 is 2.25 bits per heavy atom. The average molecular weight is 259 g/mol. The van der Waals surface area contributed by atoms with Gasteiger partial charge in [-0.2, -0.15) is 0 Å². The van der Waals surface area contributed by atoms with Crippen molar-refractivity contribution in [3.8, 4) is 0 Å². The molecule has 0 radical (unpaired) electrons. The highest BCUT2D eigenvalue weighted by Gasteiger charge is 2.46. The van der Waals surface area contributed by atoms with E-state index in [1.807, 2.05) is 19.1 Å². The molecule has 1 aliphatic carbocycles. The Balaban J connectivity index is 2.11. The maximum atomic E-state index is 11.5. The van der Waals surface area contributed by atoms with Crippen molar-refractivity contribution in [3.63, 3.8) is 0 Å². The molecule has 1 aliphatic rings. The average Bonchev–Trinajstić information content (AvgIpc) is 3.02. The van der Waals surface area contributed by atoms with Crippen molar-refractivity contribution in [2.24, 2.45) is 5.92 Å². The smallest absolute Gasteiger partial charge is 0.309 e. The Morgan fingerprint density at radius 1 is 1.50 bits per heavy atom. The Bertz CT molecular complexity index is 417. The summed E-state index contributed by atoms with van der Waals surface area (Å²) in [4.78, 5) is 11.5. The maximum Gasteiger partial charge on any atom is 0.309 e. The number of halogens is 2. The topological polar surface area (TPSA) is 26.3 Å². The van der Waals surface area contributed by atoms with Gasteiger partial charge < -0.3 is 4.74 Å². The number of carbonyl (C=O) groups is 1. The zero-order valence-corrected chi connectivity index (χ0v) is 10.4. The van der Waals surface area contributed by atoms with Crippen LogP contribution < -0.4 is 0 Å². The van der Waals surface area contributed by atoms with Crippen LogP contribution in [0.1, 0.15) is 24.8 Å². The summed E-state index contributed by atoms with van der Waals surface area (Å²) in [6.07, 6.45) is 0.804. The zero-order chi connectivity index (χ0) is 11.7. The molecular formula is C12H12Cl2O2. The molecule has 4 heteroatoms. The third-order valence-electron chi connectivity index (χ3n) is 2.76. The lowest BCUT2D eigenvalue weighted by atomic mass is 10.1. The van der Waals surface area contributed by atoms with Gasteiger partial charge in [0.15, 0.2) is 0 Å². The Hall–Kier alpha value is -0.730. The van der Waals surface area contributed by atoms with Gasteiger partial charge in [0.1, 0.15) is 0 Å². The maximum absolute atomic E-state index is 11.5. The number of benzene rings is 1. The van der Waals surface area contributed by atoms with E-state index < -0.39 is 0 Å². The van der Waals surface area contributed by atoms with E-state index in [0.717, 1.165) is 12.0 Å². The fraction of sp³-hybridized carbons (Fsp3) is 0.417. The summed E-state index contributed by atoms with van der Waals surface area (Å²) in [6.45, 7) is 2.23. The molecule has 2 unspecified atom stereocenters. The third kappa shape index (κ3) is 2.18. The highest BCUT2D eigenvalue weighted by molar-refractivity contribution is 6.42. The first-order valence-corrected chi connectivity index (χ1v) is 6.01. The van der Waals surface area contributed by atoms with Gasteiger partial charge >= 0.3 is 5.97 Å². The first kappa shape index (κ1) is 11.7. The van der Waals surface area contributed by atoms with Crippen LogP contribution in [0.3, 0.4) is 0 Å². The SMILES string of the molecule is CCOC(=O)C1CC1c1cccc(Cl)c1Cl.